The number of hydrogen-bond donors (Lipinski definition) is 1. The number of carbonyl (C=O) groups is 2. The van der Waals surface area contributed by atoms with Crippen LogP contribution in [0.5, 0.6) is 5.75 Å². The van der Waals surface area contributed by atoms with E-state index in [1.165, 1.54) is 36.8 Å². The molecule has 3 aliphatic heterocycles. The average molecular weight is 716 g/mol. The first-order valence-electron chi connectivity index (χ1n) is 18.6. The molecule has 8 nitrogen and oxygen atoms in total. The highest BCUT2D eigenvalue weighted by Crippen LogP contribution is 2.43. The number of nitrogens with one attached hydrogen (secondary N) is 1. The van der Waals surface area contributed by atoms with Crippen molar-refractivity contribution in [3.63, 3.8) is 0 Å². The quantitative estimate of drug-likeness (QED) is 0.325. The molecular formula is C39H58ClN3O5S. The lowest BCUT2D eigenvalue weighted by Gasteiger charge is -2.41. The third-order valence-corrected chi connectivity index (χ3v) is 12.3. The van der Waals surface area contributed by atoms with Crippen LogP contribution in [0.15, 0.2) is 36.4 Å². The van der Waals surface area contributed by atoms with Crippen molar-refractivity contribution in [2.75, 3.05) is 50.9 Å². The largest absolute Gasteiger partial charge is 0.491 e. The number of morpholine rings is 1. The molecule has 1 N–H and O–H groups in total. The molecule has 1 saturated carbocycles. The summed E-state index contributed by atoms with van der Waals surface area (Å²) in [5.74, 6) is 2.45. The second-order valence-corrected chi connectivity index (χ2v) is 15.7. The van der Waals surface area contributed by atoms with E-state index in [0.29, 0.717) is 37.2 Å². The van der Waals surface area contributed by atoms with E-state index in [1.54, 1.807) is 11.0 Å². The van der Waals surface area contributed by atoms with Crippen LogP contribution in [0.25, 0.3) is 0 Å². The van der Waals surface area contributed by atoms with Crippen molar-refractivity contribution in [1.82, 2.24) is 9.62 Å². The molecule has 0 spiro atoms. The third kappa shape index (κ3) is 10.7. The molecule has 1 aliphatic carbocycles. The fraction of sp³-hybridized carbons (Fsp3) is 0.641. The summed E-state index contributed by atoms with van der Waals surface area (Å²) >= 11 is 6.39. The topological polar surface area (TPSA) is 88.2 Å². The van der Waals surface area contributed by atoms with Crippen molar-refractivity contribution in [3.8, 4) is 5.75 Å². The number of halogens is 1. The Morgan fingerprint density at radius 3 is 2.39 bits per heavy atom. The van der Waals surface area contributed by atoms with Crippen LogP contribution >= 0.6 is 11.6 Å². The Kier molecular flexibility index (Phi) is 15.7. The predicted molar refractivity (Wildman–Crippen MR) is 201 cm³/mol. The second kappa shape index (κ2) is 19.7. The number of rotatable bonds is 4. The summed E-state index contributed by atoms with van der Waals surface area (Å²) in [5.41, 5.74) is 4.11. The first-order valence-corrected chi connectivity index (χ1v) is 20.1. The number of carbonyl (C=O) groups excluding carboxylic acids is 2. The van der Waals surface area contributed by atoms with E-state index in [-0.39, 0.29) is 17.1 Å². The van der Waals surface area contributed by atoms with E-state index in [0.717, 1.165) is 80.6 Å². The number of benzene rings is 2. The van der Waals surface area contributed by atoms with E-state index >= 15 is 0 Å². The summed E-state index contributed by atoms with van der Waals surface area (Å²) in [7, 11) is -1.43. The van der Waals surface area contributed by atoms with Gasteiger partial charge < -0.3 is 19.3 Å². The lowest BCUT2D eigenvalue weighted by Crippen LogP contribution is -2.40. The van der Waals surface area contributed by atoms with Gasteiger partial charge in [0.25, 0.3) is 5.91 Å². The minimum absolute atomic E-state index is 0.0867. The Balaban J connectivity index is 0.000000470. The Hall–Kier alpha value is -2.62. The zero-order valence-electron chi connectivity index (χ0n) is 30.3. The summed E-state index contributed by atoms with van der Waals surface area (Å²) in [4.78, 5) is 27.4. The lowest BCUT2D eigenvalue weighted by molar-refractivity contribution is -0.121. The SMILES string of the molecule is CC.CCCc1cc(Cl)ccc1C1COc2ccc3cc2N(C1)CC1CCC1CCCCC(C)C(C)S(=O)NC3=O.O=CN1CCOCC1. The van der Waals surface area contributed by atoms with Crippen molar-refractivity contribution in [2.24, 2.45) is 17.8 Å². The van der Waals surface area contributed by atoms with Crippen LogP contribution in [0.2, 0.25) is 5.02 Å². The predicted octanol–water partition coefficient (Wildman–Crippen LogP) is 7.79. The highest BCUT2D eigenvalue weighted by atomic mass is 35.5. The van der Waals surface area contributed by atoms with Gasteiger partial charge in [-0.15, -0.1) is 0 Å². The molecule has 0 aromatic heterocycles. The van der Waals surface area contributed by atoms with E-state index in [2.05, 4.69) is 35.6 Å². The minimum atomic E-state index is -1.43. The first-order chi connectivity index (χ1) is 23.8. The molecular weight excluding hydrogens is 658 g/mol. The Labute approximate surface area is 302 Å². The van der Waals surface area contributed by atoms with E-state index in [1.807, 2.05) is 39.0 Å². The number of amides is 2. The lowest BCUT2D eigenvalue weighted by atomic mass is 9.70. The first kappa shape index (κ1) is 39.2. The standard InChI is InChI=1S/C32H43ClN2O3S.C5H9NO2.C2H6/c1-4-7-24-16-28(33)13-14-29(24)27-19-35-18-26-11-10-23(26)9-6-5-8-21(2)22(3)39(37)34-32(36)25-12-15-31(38-20-27)30(35)17-25;7-5-6-1-3-8-4-2-6;1-2/h12-17,21-23,26-27H,4-11,18-20H2,1-3H3,(H,34,36);5H,1-4H2;1-2H3. The zero-order valence-corrected chi connectivity index (χ0v) is 31.8. The van der Waals surface area contributed by atoms with Gasteiger partial charge in [0, 0.05) is 42.7 Å². The fourth-order valence-corrected chi connectivity index (χ4v) is 8.48. The molecule has 2 aromatic rings. The molecule has 2 amide bonds. The molecule has 4 aliphatic rings. The maximum absolute atomic E-state index is 13.2. The monoisotopic (exact) mass is 715 g/mol. The van der Waals surface area contributed by atoms with Crippen molar-refractivity contribution < 1.29 is 23.3 Å². The van der Waals surface area contributed by atoms with Gasteiger partial charge in [-0.3, -0.25) is 14.3 Å². The molecule has 6 rings (SSSR count). The van der Waals surface area contributed by atoms with Gasteiger partial charge in [0.2, 0.25) is 6.41 Å². The molecule has 6 unspecified atom stereocenters. The Morgan fingerprint density at radius 1 is 0.980 bits per heavy atom. The molecule has 1 saturated heterocycles. The summed E-state index contributed by atoms with van der Waals surface area (Å²) in [6.07, 6.45) is 10.2. The molecule has 49 heavy (non-hydrogen) atoms. The van der Waals surface area contributed by atoms with Crippen LogP contribution in [-0.2, 0) is 26.9 Å². The molecule has 2 bridgehead atoms. The molecule has 272 valence electrons. The van der Waals surface area contributed by atoms with Gasteiger partial charge in [0.1, 0.15) is 16.7 Å². The van der Waals surface area contributed by atoms with Gasteiger partial charge in [0.05, 0.1) is 30.8 Å². The maximum Gasteiger partial charge on any atom is 0.263 e. The van der Waals surface area contributed by atoms with Gasteiger partial charge in [-0.25, -0.2) is 4.21 Å². The van der Waals surface area contributed by atoms with Gasteiger partial charge in [-0.2, -0.15) is 0 Å². The van der Waals surface area contributed by atoms with Crippen LogP contribution in [-0.4, -0.2) is 72.7 Å². The molecule has 3 heterocycles. The fourth-order valence-electron chi connectivity index (χ4n) is 7.24. The highest BCUT2D eigenvalue weighted by Gasteiger charge is 2.35. The molecule has 2 fully saturated rings. The third-order valence-electron chi connectivity index (χ3n) is 10.5. The van der Waals surface area contributed by atoms with Gasteiger partial charge >= 0.3 is 0 Å². The minimum Gasteiger partial charge on any atom is -0.491 e. The molecule has 6 atom stereocenters. The molecule has 10 heteroatoms. The highest BCUT2D eigenvalue weighted by molar-refractivity contribution is 7.84. The maximum atomic E-state index is 13.2. The van der Waals surface area contributed by atoms with Gasteiger partial charge in [-0.05, 0) is 91.8 Å². The number of anilines is 1. The molecule has 0 radical (unpaired) electrons. The van der Waals surface area contributed by atoms with Gasteiger partial charge in [0.15, 0.2) is 0 Å². The summed E-state index contributed by atoms with van der Waals surface area (Å²) in [6, 6.07) is 12.0. The van der Waals surface area contributed by atoms with Crippen LogP contribution in [0.3, 0.4) is 0 Å². The van der Waals surface area contributed by atoms with E-state index < -0.39 is 11.0 Å². The van der Waals surface area contributed by atoms with Crippen molar-refractivity contribution in [1.29, 1.82) is 0 Å². The average Bonchev–Trinajstić information content (AvgIpc) is 3.29. The van der Waals surface area contributed by atoms with Crippen molar-refractivity contribution >= 4 is 40.6 Å². The van der Waals surface area contributed by atoms with Gasteiger partial charge in [-0.1, -0.05) is 71.0 Å². The van der Waals surface area contributed by atoms with E-state index in [9.17, 15) is 13.8 Å². The number of ether oxygens (including phenoxy) is 2. The number of hydrogen-bond acceptors (Lipinski definition) is 6. The van der Waals surface area contributed by atoms with E-state index in [4.69, 9.17) is 21.1 Å². The number of fused-ring (bicyclic) bond motifs is 2. The van der Waals surface area contributed by atoms with Crippen molar-refractivity contribution in [3.05, 3.63) is 58.1 Å². The van der Waals surface area contributed by atoms with Crippen LogP contribution < -0.4 is 14.4 Å². The number of nitrogens with zero attached hydrogens (tertiary/aromatic N) is 2. The Bertz CT molecular complexity index is 1390. The Morgan fingerprint density at radius 2 is 1.71 bits per heavy atom. The second-order valence-electron chi connectivity index (χ2n) is 13.7. The normalized spacial score (nSPS) is 27.3. The summed E-state index contributed by atoms with van der Waals surface area (Å²) < 4.78 is 27.3. The summed E-state index contributed by atoms with van der Waals surface area (Å²) in [6.45, 7) is 15.6. The zero-order chi connectivity index (χ0) is 35.3. The molecule has 2 aromatic carbocycles. The summed E-state index contributed by atoms with van der Waals surface area (Å²) in [5, 5.41) is 0.690. The van der Waals surface area contributed by atoms with Crippen LogP contribution in [0.1, 0.15) is 107 Å². The van der Waals surface area contributed by atoms with Crippen LogP contribution in [0.4, 0.5) is 5.69 Å². The smallest absolute Gasteiger partial charge is 0.263 e. The van der Waals surface area contributed by atoms with Crippen LogP contribution in [0, 0.1) is 17.8 Å². The number of aryl methyl sites for hydroxylation is 1. The van der Waals surface area contributed by atoms with Crippen molar-refractivity contribution in [2.45, 2.75) is 97.2 Å².